The average Bonchev–Trinajstić information content (AvgIpc) is 1.88. The highest BCUT2D eigenvalue weighted by molar-refractivity contribution is 4.67. The number of nitrogens with zero attached hydrogens (tertiary/aromatic N) is 2. The fourth-order valence-corrected chi connectivity index (χ4v) is 1.01. The topological polar surface area (TPSA) is 52.9 Å². The van der Waals surface area contributed by atoms with Crippen LogP contribution in [0.3, 0.4) is 0 Å². The molecule has 0 amide bonds. The fourth-order valence-electron chi connectivity index (χ4n) is 1.01. The van der Waals surface area contributed by atoms with Crippen molar-refractivity contribution in [1.82, 2.24) is 5.01 Å². The Hall–Kier alpha value is -0.640. The van der Waals surface area contributed by atoms with Gasteiger partial charge in [0.2, 0.25) is 0 Å². The van der Waals surface area contributed by atoms with Crippen molar-refractivity contribution in [2.24, 2.45) is 5.29 Å². The molecule has 0 aliphatic carbocycles. The Balaban J connectivity index is 2.31. The highest BCUT2D eigenvalue weighted by atomic mass is 16.3. The van der Waals surface area contributed by atoms with Crippen molar-refractivity contribution < 1.29 is 5.11 Å². The molecule has 9 heavy (non-hydrogen) atoms. The molecule has 4 nitrogen and oxygen atoms in total. The highest BCUT2D eigenvalue weighted by Gasteiger charge is 2.16. The van der Waals surface area contributed by atoms with E-state index >= 15 is 0 Å². The molecule has 4 heteroatoms. The lowest BCUT2D eigenvalue weighted by Crippen LogP contribution is -2.34. The van der Waals surface area contributed by atoms with Crippen molar-refractivity contribution in [3.63, 3.8) is 0 Å². The van der Waals surface area contributed by atoms with Gasteiger partial charge in [-0.25, -0.2) is 0 Å². The van der Waals surface area contributed by atoms with Crippen LogP contribution in [0.2, 0.25) is 0 Å². The molecule has 1 atom stereocenters. The van der Waals surface area contributed by atoms with E-state index in [0.29, 0.717) is 13.1 Å². The van der Waals surface area contributed by atoms with Crippen molar-refractivity contribution in [1.29, 1.82) is 0 Å². The smallest absolute Gasteiger partial charge is 0.0733 e. The summed E-state index contributed by atoms with van der Waals surface area (Å²) in [6.45, 7) is 1.10. The van der Waals surface area contributed by atoms with Gasteiger partial charge in [0.1, 0.15) is 0 Å². The summed E-state index contributed by atoms with van der Waals surface area (Å²) < 4.78 is 0. The first kappa shape index (κ1) is 6.48. The van der Waals surface area contributed by atoms with Gasteiger partial charge in [-0.15, -0.1) is 4.91 Å². The molecule has 1 N–H and O–H groups in total. The lowest BCUT2D eigenvalue weighted by Gasteiger charge is -2.24. The van der Waals surface area contributed by atoms with E-state index < -0.39 is 0 Å². The van der Waals surface area contributed by atoms with Gasteiger partial charge in [0.25, 0.3) is 0 Å². The van der Waals surface area contributed by atoms with Crippen LogP contribution in [0.15, 0.2) is 5.29 Å². The third-order valence-electron chi connectivity index (χ3n) is 1.49. The van der Waals surface area contributed by atoms with Gasteiger partial charge in [0.05, 0.1) is 17.9 Å². The number of rotatable bonds is 1. The molecule has 0 aromatic heterocycles. The first-order chi connectivity index (χ1) is 4.33. The Kier molecular flexibility index (Phi) is 2.00. The third kappa shape index (κ3) is 1.64. The minimum absolute atomic E-state index is 0.351. The Morgan fingerprint density at radius 2 is 2.44 bits per heavy atom. The Morgan fingerprint density at radius 3 is 2.89 bits per heavy atom. The lowest BCUT2D eigenvalue weighted by atomic mass is 10.1. The summed E-state index contributed by atoms with van der Waals surface area (Å²) in [6, 6.07) is 0. The van der Waals surface area contributed by atoms with Gasteiger partial charge in [0, 0.05) is 6.54 Å². The minimum Gasteiger partial charge on any atom is -0.391 e. The van der Waals surface area contributed by atoms with E-state index in [9.17, 15) is 4.91 Å². The predicted molar refractivity (Wildman–Crippen MR) is 32.6 cm³/mol. The van der Waals surface area contributed by atoms with Crippen LogP contribution in [0, 0.1) is 4.91 Å². The molecule has 1 fully saturated rings. The van der Waals surface area contributed by atoms with Crippen molar-refractivity contribution in [2.75, 3.05) is 13.1 Å². The largest absolute Gasteiger partial charge is 0.391 e. The van der Waals surface area contributed by atoms with Crippen LogP contribution in [-0.2, 0) is 0 Å². The number of aliphatic hydroxyl groups is 1. The summed E-state index contributed by atoms with van der Waals surface area (Å²) in [5.41, 5.74) is 0. The van der Waals surface area contributed by atoms with Crippen LogP contribution in [-0.4, -0.2) is 29.3 Å². The molecule has 0 bridgehead atoms. The summed E-state index contributed by atoms with van der Waals surface area (Å²) in [6.07, 6.45) is 1.32. The number of nitroso groups, excluding NO2 is 1. The third-order valence-corrected chi connectivity index (χ3v) is 1.49. The van der Waals surface area contributed by atoms with Gasteiger partial charge in [-0.1, -0.05) is 0 Å². The van der Waals surface area contributed by atoms with Crippen molar-refractivity contribution >= 4 is 0 Å². The SMILES string of the molecule is O=NN1CCC[C@H](O)C1. The summed E-state index contributed by atoms with van der Waals surface area (Å²) >= 11 is 0. The van der Waals surface area contributed by atoms with Crippen LogP contribution in [0.25, 0.3) is 0 Å². The predicted octanol–water partition coefficient (Wildman–Crippen LogP) is 0.125. The van der Waals surface area contributed by atoms with Crippen molar-refractivity contribution in [3.05, 3.63) is 4.91 Å². The molecule has 0 radical (unpaired) electrons. The second-order valence-corrected chi connectivity index (χ2v) is 2.29. The molecule has 0 saturated carbocycles. The normalized spacial score (nSPS) is 28.1. The maximum Gasteiger partial charge on any atom is 0.0733 e. The molecule has 0 aromatic carbocycles. The molecule has 0 spiro atoms. The average molecular weight is 130 g/mol. The Morgan fingerprint density at radius 1 is 1.67 bits per heavy atom. The standard InChI is InChI=1S/C5H10N2O2/c8-5-2-1-3-7(4-5)6-9/h5,8H,1-4H2/t5-/m0/s1. The second kappa shape index (κ2) is 2.77. The van der Waals surface area contributed by atoms with E-state index in [1.54, 1.807) is 0 Å². The first-order valence-electron chi connectivity index (χ1n) is 3.09. The summed E-state index contributed by atoms with van der Waals surface area (Å²) in [7, 11) is 0. The maximum absolute atomic E-state index is 9.87. The van der Waals surface area contributed by atoms with Crippen molar-refractivity contribution in [3.8, 4) is 0 Å². The van der Waals surface area contributed by atoms with Crippen molar-refractivity contribution in [2.45, 2.75) is 18.9 Å². The van der Waals surface area contributed by atoms with Crippen LogP contribution in [0.1, 0.15) is 12.8 Å². The molecule has 1 rings (SSSR count). The number of aliphatic hydroxyl groups excluding tert-OH is 1. The molecular weight excluding hydrogens is 120 g/mol. The Bertz CT molecular complexity index is 107. The van der Waals surface area contributed by atoms with Crippen LogP contribution in [0.4, 0.5) is 0 Å². The van der Waals surface area contributed by atoms with E-state index in [-0.39, 0.29) is 6.10 Å². The molecule has 52 valence electrons. The molecule has 0 unspecified atom stereocenters. The fraction of sp³-hybridized carbons (Fsp3) is 1.00. The first-order valence-corrected chi connectivity index (χ1v) is 3.09. The van der Waals surface area contributed by atoms with E-state index in [1.807, 2.05) is 0 Å². The quantitative estimate of drug-likeness (QED) is 0.513. The van der Waals surface area contributed by atoms with Gasteiger partial charge >= 0.3 is 0 Å². The summed E-state index contributed by atoms with van der Waals surface area (Å²) in [5, 5.41) is 13.0. The molecular formula is C5H10N2O2. The van der Waals surface area contributed by atoms with Gasteiger partial charge in [0.15, 0.2) is 0 Å². The number of hydrogen-bond acceptors (Lipinski definition) is 3. The summed E-state index contributed by atoms with van der Waals surface area (Å²) in [4.78, 5) is 9.87. The summed E-state index contributed by atoms with van der Waals surface area (Å²) in [5.74, 6) is 0. The molecule has 1 saturated heterocycles. The van der Waals surface area contributed by atoms with Gasteiger partial charge in [-0.3, -0.25) is 5.01 Å². The zero-order valence-corrected chi connectivity index (χ0v) is 5.16. The number of hydrogen-bond donors (Lipinski definition) is 1. The zero-order chi connectivity index (χ0) is 6.69. The molecule has 1 aliphatic heterocycles. The monoisotopic (exact) mass is 130 g/mol. The number of piperidine rings is 1. The highest BCUT2D eigenvalue weighted by Crippen LogP contribution is 2.08. The van der Waals surface area contributed by atoms with E-state index in [0.717, 1.165) is 12.8 Å². The van der Waals surface area contributed by atoms with Gasteiger partial charge in [-0.05, 0) is 12.8 Å². The molecule has 0 aromatic rings. The van der Waals surface area contributed by atoms with Gasteiger partial charge in [-0.2, -0.15) is 0 Å². The lowest BCUT2D eigenvalue weighted by molar-refractivity contribution is 0.0715. The van der Waals surface area contributed by atoms with Gasteiger partial charge < -0.3 is 5.11 Å². The minimum atomic E-state index is -0.351. The van der Waals surface area contributed by atoms with E-state index in [2.05, 4.69) is 5.29 Å². The molecule has 1 heterocycles. The second-order valence-electron chi connectivity index (χ2n) is 2.29. The maximum atomic E-state index is 9.87. The van der Waals surface area contributed by atoms with Crippen LogP contribution < -0.4 is 0 Å². The Labute approximate surface area is 53.4 Å². The van der Waals surface area contributed by atoms with E-state index in [4.69, 9.17) is 5.11 Å². The van der Waals surface area contributed by atoms with Crippen LogP contribution >= 0.6 is 0 Å². The van der Waals surface area contributed by atoms with Crippen LogP contribution in [0.5, 0.6) is 0 Å². The van der Waals surface area contributed by atoms with E-state index in [1.165, 1.54) is 5.01 Å². The molecule has 1 aliphatic rings. The zero-order valence-electron chi connectivity index (χ0n) is 5.16. The number of β-amino-alcohol motifs (C(OH)–C–C–N with tert-alkyl or cyclic N) is 1.